The maximum Gasteiger partial charge on any atom is 0.280 e. The number of likely N-dealkylation sites (tertiary alicyclic amines) is 1. The molecule has 4 rings (SSSR count). The van der Waals surface area contributed by atoms with Gasteiger partial charge in [-0.3, -0.25) is 19.9 Å². The Morgan fingerprint density at radius 2 is 1.84 bits per heavy atom. The molecule has 1 aromatic heterocycles. The second kappa shape index (κ2) is 8.83. The quantitative estimate of drug-likeness (QED) is 0.506. The van der Waals surface area contributed by atoms with Crippen LogP contribution in [0.2, 0.25) is 5.15 Å². The summed E-state index contributed by atoms with van der Waals surface area (Å²) in [5.74, 6) is -0.443. The van der Waals surface area contributed by atoms with Crippen LogP contribution in [0.4, 0.5) is 11.6 Å². The standard InChI is InChI=1S/C21H23ClN8O2/c22-16-18(24)27-17(23)15(26-16)19(32)28-20-25-12-21(29-20)8-10-30(11-9-21)14(31)7-6-13-4-2-1-3-5-13/h1-7H,8-12H2,(H4,23,24,27)(H2,25,28,29,32). The van der Waals surface area contributed by atoms with Gasteiger partial charge in [-0.05, 0) is 24.5 Å². The van der Waals surface area contributed by atoms with Gasteiger partial charge >= 0.3 is 0 Å². The van der Waals surface area contributed by atoms with Gasteiger partial charge in [0.2, 0.25) is 5.91 Å². The van der Waals surface area contributed by atoms with E-state index in [-0.39, 0.29) is 33.9 Å². The molecule has 32 heavy (non-hydrogen) atoms. The molecule has 3 heterocycles. The lowest BCUT2D eigenvalue weighted by Gasteiger charge is -2.38. The first kappa shape index (κ1) is 21.6. The summed E-state index contributed by atoms with van der Waals surface area (Å²) in [6, 6.07) is 9.69. The van der Waals surface area contributed by atoms with E-state index in [1.807, 2.05) is 41.3 Å². The van der Waals surface area contributed by atoms with Gasteiger partial charge in [-0.25, -0.2) is 9.97 Å². The minimum Gasteiger partial charge on any atom is -0.382 e. The Bertz CT molecular complexity index is 1090. The molecule has 1 aromatic carbocycles. The van der Waals surface area contributed by atoms with Crippen molar-refractivity contribution in [2.75, 3.05) is 31.1 Å². The fourth-order valence-corrected chi connectivity index (χ4v) is 3.81. The predicted octanol–water partition coefficient (Wildman–Crippen LogP) is 1.06. The van der Waals surface area contributed by atoms with E-state index in [0.717, 1.165) is 5.56 Å². The Balaban J connectivity index is 1.31. The molecular formula is C21H23ClN8O2. The zero-order valence-corrected chi connectivity index (χ0v) is 18.0. The number of anilines is 2. The van der Waals surface area contributed by atoms with E-state index in [4.69, 9.17) is 23.1 Å². The fraction of sp³-hybridized carbons (Fsp3) is 0.286. The van der Waals surface area contributed by atoms with Crippen LogP contribution in [-0.2, 0) is 4.79 Å². The molecule has 2 aliphatic rings. The molecule has 166 valence electrons. The number of piperidine rings is 1. The summed E-state index contributed by atoms with van der Waals surface area (Å²) >= 11 is 5.84. The molecule has 11 heteroatoms. The third-order valence-corrected chi connectivity index (χ3v) is 5.80. The van der Waals surface area contributed by atoms with Gasteiger partial charge < -0.3 is 21.7 Å². The van der Waals surface area contributed by atoms with Crippen molar-refractivity contribution in [1.82, 2.24) is 25.5 Å². The number of aromatic nitrogens is 2. The summed E-state index contributed by atoms with van der Waals surface area (Å²) in [7, 11) is 0. The molecule has 10 nitrogen and oxygen atoms in total. The highest BCUT2D eigenvalue weighted by molar-refractivity contribution is 6.31. The summed E-state index contributed by atoms with van der Waals surface area (Å²) in [6.45, 7) is 1.68. The molecule has 1 saturated heterocycles. The number of carbonyl (C=O) groups excluding carboxylic acids is 2. The van der Waals surface area contributed by atoms with Crippen LogP contribution in [0.3, 0.4) is 0 Å². The van der Waals surface area contributed by atoms with E-state index in [2.05, 4.69) is 25.6 Å². The van der Waals surface area contributed by atoms with Crippen LogP contribution in [0.25, 0.3) is 6.08 Å². The molecule has 1 fully saturated rings. The van der Waals surface area contributed by atoms with Gasteiger partial charge in [0.15, 0.2) is 28.4 Å². The lowest BCUT2D eigenvalue weighted by atomic mass is 9.88. The third-order valence-electron chi connectivity index (χ3n) is 5.53. The lowest BCUT2D eigenvalue weighted by molar-refractivity contribution is -0.127. The highest BCUT2D eigenvalue weighted by Gasteiger charge is 2.40. The summed E-state index contributed by atoms with van der Waals surface area (Å²) < 4.78 is 0. The third kappa shape index (κ3) is 4.65. The first-order chi connectivity index (χ1) is 15.3. The van der Waals surface area contributed by atoms with Gasteiger partial charge in [0.1, 0.15) is 0 Å². The Hall–Kier alpha value is -3.66. The summed E-state index contributed by atoms with van der Waals surface area (Å²) in [6.07, 6.45) is 4.82. The number of guanidine groups is 1. The van der Waals surface area contributed by atoms with Gasteiger partial charge in [0.25, 0.3) is 5.91 Å². The van der Waals surface area contributed by atoms with E-state index in [1.54, 1.807) is 6.08 Å². The highest BCUT2D eigenvalue weighted by atomic mass is 35.5. The van der Waals surface area contributed by atoms with Crippen LogP contribution < -0.4 is 22.1 Å². The molecule has 0 atom stereocenters. The van der Waals surface area contributed by atoms with Crippen LogP contribution in [-0.4, -0.2) is 57.8 Å². The molecule has 0 aliphatic carbocycles. The minimum absolute atomic E-state index is 0.0228. The highest BCUT2D eigenvalue weighted by Crippen LogP contribution is 2.26. The normalized spacial score (nSPS) is 17.3. The molecule has 0 saturated carbocycles. The van der Waals surface area contributed by atoms with Crippen molar-refractivity contribution in [2.45, 2.75) is 18.4 Å². The summed E-state index contributed by atoms with van der Waals surface area (Å²) in [5.41, 5.74) is 11.8. The molecular weight excluding hydrogens is 432 g/mol. The zero-order chi connectivity index (χ0) is 22.7. The van der Waals surface area contributed by atoms with Crippen LogP contribution in [0, 0.1) is 0 Å². The number of nitrogen functional groups attached to an aromatic ring is 2. The molecule has 2 aromatic rings. The molecule has 2 amide bonds. The van der Waals surface area contributed by atoms with Gasteiger partial charge in [0.05, 0.1) is 12.1 Å². The number of aliphatic imine (C=N–C) groups is 1. The SMILES string of the molecule is Nc1nc(N)c(C(=O)NC2=NCC3(CCN(C(=O)C=Cc4ccccc4)CC3)N2)nc1Cl. The number of nitrogens with zero attached hydrogens (tertiary/aromatic N) is 4. The molecule has 6 N–H and O–H groups in total. The average Bonchev–Trinajstić information content (AvgIpc) is 3.17. The van der Waals surface area contributed by atoms with Crippen LogP contribution in [0.1, 0.15) is 28.9 Å². The van der Waals surface area contributed by atoms with Gasteiger partial charge in [-0.15, -0.1) is 0 Å². The van der Waals surface area contributed by atoms with Crippen molar-refractivity contribution in [1.29, 1.82) is 0 Å². The molecule has 0 radical (unpaired) electrons. The number of nitrogens with one attached hydrogen (secondary N) is 2. The Morgan fingerprint density at radius 3 is 2.56 bits per heavy atom. The number of hydrogen-bond acceptors (Lipinski definition) is 8. The number of nitrogens with two attached hydrogens (primary N) is 2. The van der Waals surface area contributed by atoms with E-state index in [1.165, 1.54) is 0 Å². The average molecular weight is 455 g/mol. The van der Waals surface area contributed by atoms with Crippen molar-refractivity contribution in [3.05, 3.63) is 52.8 Å². The number of rotatable bonds is 3. The maximum atomic E-state index is 12.5. The first-order valence-electron chi connectivity index (χ1n) is 10.1. The molecule has 1 spiro atoms. The summed E-state index contributed by atoms with van der Waals surface area (Å²) in [5, 5.41) is 5.84. The van der Waals surface area contributed by atoms with Crippen molar-refractivity contribution in [2.24, 2.45) is 4.99 Å². The van der Waals surface area contributed by atoms with E-state index in [9.17, 15) is 9.59 Å². The van der Waals surface area contributed by atoms with Gasteiger partial charge in [0, 0.05) is 19.2 Å². The topological polar surface area (TPSA) is 152 Å². The van der Waals surface area contributed by atoms with E-state index >= 15 is 0 Å². The first-order valence-corrected chi connectivity index (χ1v) is 10.5. The Morgan fingerprint density at radius 1 is 1.12 bits per heavy atom. The maximum absolute atomic E-state index is 12.5. The molecule has 0 bridgehead atoms. The zero-order valence-electron chi connectivity index (χ0n) is 17.2. The van der Waals surface area contributed by atoms with E-state index in [0.29, 0.717) is 38.4 Å². The van der Waals surface area contributed by atoms with Gasteiger partial charge in [-0.1, -0.05) is 41.9 Å². The smallest absolute Gasteiger partial charge is 0.280 e. The van der Waals surface area contributed by atoms with Crippen molar-refractivity contribution < 1.29 is 9.59 Å². The largest absolute Gasteiger partial charge is 0.382 e. The molecule has 2 aliphatic heterocycles. The summed E-state index contributed by atoms with van der Waals surface area (Å²) in [4.78, 5) is 38.9. The number of halogens is 1. The number of amides is 2. The van der Waals surface area contributed by atoms with Gasteiger partial charge in [-0.2, -0.15) is 0 Å². The fourth-order valence-electron chi connectivity index (χ4n) is 3.68. The van der Waals surface area contributed by atoms with Crippen molar-refractivity contribution >= 4 is 47.1 Å². The monoisotopic (exact) mass is 454 g/mol. The second-order valence-electron chi connectivity index (χ2n) is 7.73. The van der Waals surface area contributed by atoms with Crippen molar-refractivity contribution in [3.8, 4) is 0 Å². The van der Waals surface area contributed by atoms with Crippen LogP contribution >= 0.6 is 11.6 Å². The van der Waals surface area contributed by atoms with E-state index < -0.39 is 5.91 Å². The molecule has 0 unspecified atom stereocenters. The number of benzene rings is 1. The Labute approximate surface area is 189 Å². The number of hydrogen-bond donors (Lipinski definition) is 4. The second-order valence-corrected chi connectivity index (χ2v) is 8.09. The predicted molar refractivity (Wildman–Crippen MR) is 123 cm³/mol. The Kier molecular flexibility index (Phi) is 5.95. The minimum atomic E-state index is -0.584. The van der Waals surface area contributed by atoms with Crippen LogP contribution in [0.15, 0.2) is 41.4 Å². The van der Waals surface area contributed by atoms with Crippen LogP contribution in [0.5, 0.6) is 0 Å². The number of carbonyl (C=O) groups is 2. The lowest BCUT2D eigenvalue weighted by Crippen LogP contribution is -2.56. The van der Waals surface area contributed by atoms with Crippen molar-refractivity contribution in [3.63, 3.8) is 0 Å².